The zero-order valence-corrected chi connectivity index (χ0v) is 16.0. The van der Waals surface area contributed by atoms with Crippen LogP contribution in [0.5, 0.6) is 5.75 Å². The van der Waals surface area contributed by atoms with Crippen LogP contribution in [-0.4, -0.2) is 24.3 Å². The Morgan fingerprint density at radius 3 is 2.50 bits per heavy atom. The van der Waals surface area contributed by atoms with Gasteiger partial charge in [0.05, 0.1) is 5.56 Å². The Bertz CT molecular complexity index is 1060. The molecule has 0 unspecified atom stereocenters. The summed E-state index contributed by atoms with van der Waals surface area (Å²) in [6.45, 7) is 0.734. The van der Waals surface area contributed by atoms with Gasteiger partial charge in [0.15, 0.2) is 6.61 Å². The van der Waals surface area contributed by atoms with Crippen LogP contribution in [0.3, 0.4) is 0 Å². The van der Waals surface area contributed by atoms with Crippen LogP contribution in [0.2, 0.25) is 0 Å². The van der Waals surface area contributed by atoms with Gasteiger partial charge in [-0.25, -0.2) is 9.18 Å². The van der Waals surface area contributed by atoms with Gasteiger partial charge in [-0.15, -0.1) is 0 Å². The van der Waals surface area contributed by atoms with Crippen molar-refractivity contribution in [2.75, 3.05) is 11.9 Å². The summed E-state index contributed by atoms with van der Waals surface area (Å²) in [6.07, 6.45) is 0. The van der Waals surface area contributed by atoms with Crippen molar-refractivity contribution in [1.82, 2.24) is 0 Å². The predicted molar refractivity (Wildman–Crippen MR) is 105 cm³/mol. The number of carbonyl (C=O) groups is 3. The van der Waals surface area contributed by atoms with E-state index in [0.29, 0.717) is 11.5 Å². The molecule has 1 N–H and O–H groups in total. The summed E-state index contributed by atoms with van der Waals surface area (Å²) in [5.74, 6) is -1.84. The number of amides is 1. The number of para-hydroxylation sites is 1. The third kappa shape index (κ3) is 5.54. The number of ether oxygens (including phenoxy) is 2. The van der Waals surface area contributed by atoms with Crippen LogP contribution in [0.15, 0.2) is 65.1 Å². The van der Waals surface area contributed by atoms with Crippen molar-refractivity contribution in [3.05, 3.63) is 83.6 Å². The zero-order chi connectivity index (χ0) is 21.5. The minimum Gasteiger partial charge on any atom is -0.486 e. The Balaban J connectivity index is 1.53. The molecule has 8 heteroatoms. The zero-order valence-electron chi connectivity index (χ0n) is 16.0. The monoisotopic (exact) mass is 411 g/mol. The van der Waals surface area contributed by atoms with E-state index in [-0.39, 0.29) is 29.5 Å². The molecule has 1 amide bonds. The number of ketones is 1. The summed E-state index contributed by atoms with van der Waals surface area (Å²) >= 11 is 0. The number of benzene rings is 2. The summed E-state index contributed by atoms with van der Waals surface area (Å²) in [7, 11) is 0. The molecule has 1 heterocycles. The fourth-order valence-electron chi connectivity index (χ4n) is 2.54. The molecule has 7 nitrogen and oxygen atoms in total. The first-order valence-electron chi connectivity index (χ1n) is 8.96. The lowest BCUT2D eigenvalue weighted by atomic mass is 10.1. The average Bonchev–Trinajstić information content (AvgIpc) is 3.20. The molecule has 2 aromatic carbocycles. The smallest absolute Gasteiger partial charge is 0.374 e. The SMILES string of the molecule is CC(=O)Nc1ccc(C(=O)COC(=O)c2ccc(COc3ccccc3)o2)c(F)c1. The first-order chi connectivity index (χ1) is 14.4. The fraction of sp³-hybridized carbons (Fsp3) is 0.136. The van der Waals surface area contributed by atoms with Gasteiger partial charge in [-0.2, -0.15) is 0 Å². The third-order valence-corrected chi connectivity index (χ3v) is 3.91. The lowest BCUT2D eigenvalue weighted by Crippen LogP contribution is -2.15. The number of halogens is 1. The number of hydrogen-bond acceptors (Lipinski definition) is 6. The van der Waals surface area contributed by atoms with Gasteiger partial charge in [-0.3, -0.25) is 9.59 Å². The molecule has 0 spiro atoms. The molecule has 3 rings (SSSR count). The maximum absolute atomic E-state index is 14.1. The standard InChI is InChI=1S/C22H18FNO6/c1-14(25)24-15-7-9-18(19(23)11-15)20(26)13-29-22(27)21-10-8-17(30-21)12-28-16-5-3-2-4-6-16/h2-11H,12-13H2,1H3,(H,24,25). The Kier molecular flexibility index (Phi) is 6.59. The van der Waals surface area contributed by atoms with Gasteiger partial charge in [0, 0.05) is 12.6 Å². The van der Waals surface area contributed by atoms with E-state index in [1.165, 1.54) is 25.1 Å². The van der Waals surface area contributed by atoms with Gasteiger partial charge in [-0.1, -0.05) is 18.2 Å². The second-order valence-corrected chi connectivity index (χ2v) is 6.24. The quantitative estimate of drug-likeness (QED) is 0.445. The summed E-state index contributed by atoms with van der Waals surface area (Å²) in [6, 6.07) is 15.6. The first-order valence-corrected chi connectivity index (χ1v) is 8.96. The van der Waals surface area contributed by atoms with Gasteiger partial charge < -0.3 is 19.2 Å². The van der Waals surface area contributed by atoms with Crippen molar-refractivity contribution in [2.45, 2.75) is 13.5 Å². The first kappa shape index (κ1) is 20.8. The highest BCUT2D eigenvalue weighted by Gasteiger charge is 2.18. The largest absolute Gasteiger partial charge is 0.486 e. The molecule has 3 aromatic rings. The fourth-order valence-corrected chi connectivity index (χ4v) is 2.54. The molecular weight excluding hydrogens is 393 g/mol. The molecule has 0 bridgehead atoms. The van der Waals surface area contributed by atoms with Gasteiger partial charge in [0.2, 0.25) is 17.5 Å². The number of nitrogens with one attached hydrogen (secondary N) is 1. The second-order valence-electron chi connectivity index (χ2n) is 6.24. The molecule has 0 atom stereocenters. The van der Waals surface area contributed by atoms with Crippen molar-refractivity contribution in [1.29, 1.82) is 0 Å². The maximum Gasteiger partial charge on any atom is 0.374 e. The highest BCUT2D eigenvalue weighted by molar-refractivity contribution is 5.99. The average molecular weight is 411 g/mol. The minimum absolute atomic E-state index is 0.101. The second kappa shape index (κ2) is 9.51. The van der Waals surface area contributed by atoms with Gasteiger partial charge in [-0.05, 0) is 42.5 Å². The molecule has 0 saturated heterocycles. The lowest BCUT2D eigenvalue weighted by Gasteiger charge is -2.07. The van der Waals surface area contributed by atoms with Gasteiger partial charge >= 0.3 is 5.97 Å². The normalized spacial score (nSPS) is 10.3. The van der Waals surface area contributed by atoms with Crippen molar-refractivity contribution in [2.24, 2.45) is 0 Å². The van der Waals surface area contributed by atoms with Crippen LogP contribution >= 0.6 is 0 Å². The number of rotatable bonds is 8. The van der Waals surface area contributed by atoms with Crippen LogP contribution < -0.4 is 10.1 Å². The van der Waals surface area contributed by atoms with E-state index in [4.69, 9.17) is 13.9 Å². The van der Waals surface area contributed by atoms with E-state index >= 15 is 0 Å². The van der Waals surface area contributed by atoms with Crippen molar-refractivity contribution < 1.29 is 32.7 Å². The molecule has 0 aliphatic carbocycles. The third-order valence-electron chi connectivity index (χ3n) is 3.91. The van der Waals surface area contributed by atoms with Crippen LogP contribution in [0.25, 0.3) is 0 Å². The van der Waals surface area contributed by atoms with E-state index in [0.717, 1.165) is 6.07 Å². The highest BCUT2D eigenvalue weighted by atomic mass is 19.1. The molecule has 154 valence electrons. The lowest BCUT2D eigenvalue weighted by molar-refractivity contribution is -0.114. The topological polar surface area (TPSA) is 94.8 Å². The summed E-state index contributed by atoms with van der Waals surface area (Å²) in [5.41, 5.74) is -0.0392. The van der Waals surface area contributed by atoms with E-state index in [1.807, 2.05) is 18.2 Å². The molecular formula is C22H18FNO6. The molecule has 1 aromatic heterocycles. The van der Waals surface area contributed by atoms with Crippen molar-refractivity contribution >= 4 is 23.3 Å². The Morgan fingerprint density at radius 2 is 1.80 bits per heavy atom. The van der Waals surface area contributed by atoms with Crippen molar-refractivity contribution in [3.63, 3.8) is 0 Å². The number of anilines is 1. The molecule has 0 aliphatic rings. The highest BCUT2D eigenvalue weighted by Crippen LogP contribution is 2.17. The summed E-state index contributed by atoms with van der Waals surface area (Å²) in [4.78, 5) is 35.2. The van der Waals surface area contributed by atoms with Crippen LogP contribution in [0, 0.1) is 5.82 Å². The maximum atomic E-state index is 14.1. The minimum atomic E-state index is -0.857. The van der Waals surface area contributed by atoms with Gasteiger partial charge in [0.25, 0.3) is 0 Å². The Morgan fingerprint density at radius 1 is 1.03 bits per heavy atom. The van der Waals surface area contributed by atoms with Crippen molar-refractivity contribution in [3.8, 4) is 5.75 Å². The van der Waals surface area contributed by atoms with E-state index < -0.39 is 24.2 Å². The number of esters is 1. The predicted octanol–water partition coefficient (Wildman–Crippen LogP) is 4.00. The van der Waals surface area contributed by atoms with Crippen LogP contribution in [-0.2, 0) is 16.1 Å². The molecule has 0 radical (unpaired) electrons. The van der Waals surface area contributed by atoms with Crippen LogP contribution in [0.1, 0.15) is 33.6 Å². The van der Waals surface area contributed by atoms with E-state index in [1.54, 1.807) is 18.2 Å². The van der Waals surface area contributed by atoms with Gasteiger partial charge in [0.1, 0.15) is 23.9 Å². The summed E-state index contributed by atoms with van der Waals surface area (Å²) < 4.78 is 29.9. The molecule has 0 aliphatic heterocycles. The molecule has 0 fully saturated rings. The number of hydrogen-bond donors (Lipinski definition) is 1. The Labute approximate surface area is 171 Å². The van der Waals surface area contributed by atoms with E-state index in [2.05, 4.69) is 5.32 Å². The summed E-state index contributed by atoms with van der Waals surface area (Å²) in [5, 5.41) is 2.41. The molecule has 0 saturated carbocycles. The number of furan rings is 1. The van der Waals surface area contributed by atoms with Crippen LogP contribution in [0.4, 0.5) is 10.1 Å². The molecule has 30 heavy (non-hydrogen) atoms. The number of Topliss-reactive ketones (excluding diaryl/α,β-unsaturated/α-hetero) is 1. The number of carbonyl (C=O) groups excluding carboxylic acids is 3. The van der Waals surface area contributed by atoms with E-state index in [9.17, 15) is 18.8 Å². The Hall–Kier alpha value is -3.94.